The summed E-state index contributed by atoms with van der Waals surface area (Å²) in [5.41, 5.74) is 7.91. The van der Waals surface area contributed by atoms with Crippen LogP contribution in [-0.2, 0) is 0 Å². The molecule has 0 aromatic heterocycles. The van der Waals surface area contributed by atoms with Crippen LogP contribution in [0, 0.1) is 18.7 Å². The molecule has 0 aliphatic heterocycles. The van der Waals surface area contributed by atoms with Crippen LogP contribution in [0.15, 0.2) is 18.2 Å². The lowest BCUT2D eigenvalue weighted by Crippen LogP contribution is -2.15. The van der Waals surface area contributed by atoms with Crippen molar-refractivity contribution in [2.45, 2.75) is 57.9 Å². The fraction of sp³-hybridized carbons (Fsp3) is 0.625. The smallest absolute Gasteiger partial charge is 0.127 e. The van der Waals surface area contributed by atoms with Crippen molar-refractivity contribution < 1.29 is 4.39 Å². The zero-order chi connectivity index (χ0) is 13.0. The monoisotopic (exact) mass is 249 g/mol. The van der Waals surface area contributed by atoms with Gasteiger partial charge in [0.2, 0.25) is 0 Å². The van der Waals surface area contributed by atoms with E-state index in [1.165, 1.54) is 38.2 Å². The van der Waals surface area contributed by atoms with Crippen LogP contribution in [0.1, 0.15) is 62.1 Å². The van der Waals surface area contributed by atoms with E-state index in [1.807, 2.05) is 13.0 Å². The minimum atomic E-state index is -0.156. The minimum absolute atomic E-state index is 0.146. The van der Waals surface area contributed by atoms with Gasteiger partial charge in [-0.3, -0.25) is 0 Å². The highest BCUT2D eigenvalue weighted by molar-refractivity contribution is 5.26. The summed E-state index contributed by atoms with van der Waals surface area (Å²) in [4.78, 5) is 0. The van der Waals surface area contributed by atoms with Gasteiger partial charge >= 0.3 is 0 Å². The molecule has 1 aliphatic carbocycles. The van der Waals surface area contributed by atoms with Crippen molar-refractivity contribution in [1.82, 2.24) is 0 Å². The van der Waals surface area contributed by atoms with Crippen molar-refractivity contribution in [3.05, 3.63) is 35.1 Å². The molecule has 1 aromatic carbocycles. The number of nitrogens with two attached hydrogens (primary N) is 1. The molecule has 1 saturated carbocycles. The fourth-order valence-electron chi connectivity index (χ4n) is 2.99. The van der Waals surface area contributed by atoms with Crippen molar-refractivity contribution >= 4 is 0 Å². The third kappa shape index (κ3) is 3.55. The minimum Gasteiger partial charge on any atom is -0.324 e. The maximum Gasteiger partial charge on any atom is 0.127 e. The molecule has 0 spiro atoms. The molecular formula is C16H24FN. The maximum absolute atomic E-state index is 13.7. The number of hydrogen-bond donors (Lipinski definition) is 1. The average molecular weight is 249 g/mol. The predicted octanol–water partition coefficient (Wildman–Crippen LogP) is 4.49. The first-order valence-corrected chi connectivity index (χ1v) is 7.18. The van der Waals surface area contributed by atoms with Crippen LogP contribution in [0.2, 0.25) is 0 Å². The summed E-state index contributed by atoms with van der Waals surface area (Å²) in [6.07, 6.45) is 8.83. The van der Waals surface area contributed by atoms with Crippen LogP contribution < -0.4 is 5.73 Å². The zero-order valence-electron chi connectivity index (χ0n) is 11.3. The van der Waals surface area contributed by atoms with E-state index in [1.54, 1.807) is 6.07 Å². The van der Waals surface area contributed by atoms with Gasteiger partial charge < -0.3 is 5.73 Å². The molecule has 18 heavy (non-hydrogen) atoms. The van der Waals surface area contributed by atoms with E-state index in [-0.39, 0.29) is 11.9 Å². The van der Waals surface area contributed by atoms with Gasteiger partial charge in [-0.15, -0.1) is 0 Å². The van der Waals surface area contributed by atoms with Crippen molar-refractivity contribution in [2.75, 3.05) is 0 Å². The van der Waals surface area contributed by atoms with Crippen LogP contribution in [0.5, 0.6) is 0 Å². The van der Waals surface area contributed by atoms with Gasteiger partial charge in [-0.2, -0.15) is 0 Å². The third-order valence-corrected chi connectivity index (χ3v) is 4.16. The molecule has 1 unspecified atom stereocenters. The fourth-order valence-corrected chi connectivity index (χ4v) is 2.99. The highest BCUT2D eigenvalue weighted by Gasteiger charge is 2.17. The lowest BCUT2D eigenvalue weighted by Gasteiger charge is -2.23. The standard InChI is InChI=1S/C16H24FN/c1-12-7-9-15(17)14(11-12)16(18)10-8-13-5-3-2-4-6-13/h7,9,11,13,16H,2-6,8,10,18H2,1H3. The lowest BCUT2D eigenvalue weighted by molar-refractivity contribution is 0.323. The Kier molecular flexibility index (Phi) is 4.76. The van der Waals surface area contributed by atoms with Crippen LogP contribution in [0.3, 0.4) is 0 Å². The predicted molar refractivity (Wildman–Crippen MR) is 73.9 cm³/mol. The largest absolute Gasteiger partial charge is 0.324 e. The quantitative estimate of drug-likeness (QED) is 0.835. The van der Waals surface area contributed by atoms with Gasteiger partial charge in [-0.1, -0.05) is 49.8 Å². The molecule has 1 aromatic rings. The second-order valence-corrected chi connectivity index (χ2v) is 5.71. The number of halogens is 1. The molecule has 0 bridgehead atoms. The third-order valence-electron chi connectivity index (χ3n) is 4.16. The lowest BCUT2D eigenvalue weighted by atomic mass is 9.84. The molecule has 1 aliphatic rings. The first-order chi connectivity index (χ1) is 8.66. The van der Waals surface area contributed by atoms with Gasteiger partial charge in [-0.25, -0.2) is 4.39 Å². The molecule has 0 heterocycles. The van der Waals surface area contributed by atoms with Gasteiger partial charge in [0.05, 0.1) is 0 Å². The highest BCUT2D eigenvalue weighted by atomic mass is 19.1. The summed E-state index contributed by atoms with van der Waals surface area (Å²) < 4.78 is 13.7. The first kappa shape index (κ1) is 13.5. The topological polar surface area (TPSA) is 26.0 Å². The van der Waals surface area contributed by atoms with Crippen molar-refractivity contribution in [3.63, 3.8) is 0 Å². The maximum atomic E-state index is 13.7. The van der Waals surface area contributed by atoms with Gasteiger partial charge in [0.25, 0.3) is 0 Å². The SMILES string of the molecule is Cc1ccc(F)c(C(N)CCC2CCCCC2)c1. The Bertz CT molecular complexity index is 383. The van der Waals surface area contributed by atoms with E-state index in [9.17, 15) is 4.39 Å². The van der Waals surface area contributed by atoms with Crippen molar-refractivity contribution in [3.8, 4) is 0 Å². The molecule has 1 fully saturated rings. The Morgan fingerprint density at radius 2 is 2.00 bits per heavy atom. The molecule has 0 amide bonds. The molecule has 0 radical (unpaired) electrons. The molecular weight excluding hydrogens is 225 g/mol. The second kappa shape index (κ2) is 6.33. The van der Waals surface area contributed by atoms with E-state index in [0.717, 1.165) is 24.3 Å². The molecule has 2 heteroatoms. The Labute approximate surface area is 110 Å². The normalized spacial score (nSPS) is 18.8. The number of benzene rings is 1. The van der Waals surface area contributed by atoms with Crippen LogP contribution in [0.4, 0.5) is 4.39 Å². The molecule has 2 N–H and O–H groups in total. The molecule has 1 nitrogen and oxygen atoms in total. The summed E-state index contributed by atoms with van der Waals surface area (Å²) >= 11 is 0. The van der Waals surface area contributed by atoms with Crippen LogP contribution in [0.25, 0.3) is 0 Å². The summed E-state index contributed by atoms with van der Waals surface area (Å²) in [5.74, 6) is 0.661. The van der Waals surface area contributed by atoms with Gasteiger partial charge in [0.1, 0.15) is 5.82 Å². The molecule has 2 rings (SSSR count). The van der Waals surface area contributed by atoms with E-state index in [4.69, 9.17) is 5.73 Å². The summed E-state index contributed by atoms with van der Waals surface area (Å²) in [7, 11) is 0. The van der Waals surface area contributed by atoms with Gasteiger partial charge in [0, 0.05) is 11.6 Å². The van der Waals surface area contributed by atoms with Crippen LogP contribution in [-0.4, -0.2) is 0 Å². The van der Waals surface area contributed by atoms with E-state index in [0.29, 0.717) is 5.56 Å². The summed E-state index contributed by atoms with van der Waals surface area (Å²) in [6.45, 7) is 1.98. The number of hydrogen-bond acceptors (Lipinski definition) is 1. The Balaban J connectivity index is 1.90. The first-order valence-electron chi connectivity index (χ1n) is 7.18. The molecule has 1 atom stereocenters. The second-order valence-electron chi connectivity index (χ2n) is 5.71. The van der Waals surface area contributed by atoms with E-state index >= 15 is 0 Å². The Morgan fingerprint density at radius 3 is 2.72 bits per heavy atom. The summed E-state index contributed by atoms with van der Waals surface area (Å²) in [5, 5.41) is 0. The molecule has 0 saturated heterocycles. The van der Waals surface area contributed by atoms with E-state index < -0.39 is 0 Å². The van der Waals surface area contributed by atoms with Crippen LogP contribution >= 0.6 is 0 Å². The van der Waals surface area contributed by atoms with Crippen molar-refractivity contribution in [2.24, 2.45) is 11.7 Å². The van der Waals surface area contributed by atoms with Gasteiger partial charge in [-0.05, 0) is 31.7 Å². The van der Waals surface area contributed by atoms with Crippen molar-refractivity contribution in [1.29, 1.82) is 0 Å². The molecule has 100 valence electrons. The van der Waals surface area contributed by atoms with E-state index in [2.05, 4.69) is 0 Å². The van der Waals surface area contributed by atoms with Gasteiger partial charge in [0.15, 0.2) is 0 Å². The zero-order valence-corrected chi connectivity index (χ0v) is 11.3. The number of aryl methyl sites for hydroxylation is 1. The Morgan fingerprint density at radius 1 is 1.28 bits per heavy atom. The highest BCUT2D eigenvalue weighted by Crippen LogP contribution is 2.30. The Hall–Kier alpha value is -0.890. The summed E-state index contributed by atoms with van der Waals surface area (Å²) in [6, 6.07) is 5.07. The average Bonchev–Trinajstić information content (AvgIpc) is 2.40. The number of rotatable bonds is 4.